The number of carbonyl (C=O) groups excluding carboxylic acids is 1. The van der Waals surface area contributed by atoms with E-state index >= 15 is 0 Å². The summed E-state index contributed by atoms with van der Waals surface area (Å²) in [7, 11) is 1.67. The van der Waals surface area contributed by atoms with Crippen LogP contribution in [0.4, 0.5) is 0 Å². The highest BCUT2D eigenvalue weighted by Crippen LogP contribution is 2.22. The SMILES string of the molecule is CN(Cc1n[nH]c2c1CCCCC2)C(=O)c1cnc(Cn2cncn2)[nH]c1=O. The van der Waals surface area contributed by atoms with Crippen molar-refractivity contribution in [3.63, 3.8) is 0 Å². The topological polar surface area (TPSA) is 125 Å². The fraction of sp³-hybridized carbons (Fsp3) is 0.444. The standard InChI is InChI=1S/C18H22N8O2/c1-25(8-15-12-5-3-2-4-6-14(12)23-24-15)18(28)13-7-20-16(22-17(13)27)9-26-11-19-10-21-26/h7,10-11H,2-6,8-9H2,1H3,(H,23,24)(H,20,22,27). The zero-order chi connectivity index (χ0) is 19.5. The molecule has 3 heterocycles. The number of amides is 1. The highest BCUT2D eigenvalue weighted by Gasteiger charge is 2.21. The van der Waals surface area contributed by atoms with E-state index in [1.54, 1.807) is 7.05 Å². The number of aryl methyl sites for hydroxylation is 1. The number of nitrogens with one attached hydrogen (secondary N) is 2. The van der Waals surface area contributed by atoms with E-state index < -0.39 is 5.56 Å². The van der Waals surface area contributed by atoms with E-state index in [9.17, 15) is 9.59 Å². The Morgan fingerprint density at radius 1 is 1.29 bits per heavy atom. The van der Waals surface area contributed by atoms with Crippen LogP contribution in [0.1, 0.15) is 52.4 Å². The number of aromatic amines is 2. The molecule has 28 heavy (non-hydrogen) atoms. The molecule has 1 aliphatic rings. The van der Waals surface area contributed by atoms with E-state index in [1.807, 2.05) is 0 Å². The maximum absolute atomic E-state index is 12.8. The van der Waals surface area contributed by atoms with Gasteiger partial charge in [-0.1, -0.05) is 6.42 Å². The number of H-pyrrole nitrogens is 2. The lowest BCUT2D eigenvalue weighted by Crippen LogP contribution is -2.32. The van der Waals surface area contributed by atoms with Crippen molar-refractivity contribution in [2.24, 2.45) is 0 Å². The van der Waals surface area contributed by atoms with Gasteiger partial charge in [-0.3, -0.25) is 14.7 Å². The Balaban J connectivity index is 1.48. The van der Waals surface area contributed by atoms with Crippen LogP contribution in [-0.2, 0) is 25.9 Å². The van der Waals surface area contributed by atoms with E-state index in [-0.39, 0.29) is 18.0 Å². The summed E-state index contributed by atoms with van der Waals surface area (Å²) >= 11 is 0. The van der Waals surface area contributed by atoms with Crippen LogP contribution in [0.3, 0.4) is 0 Å². The lowest BCUT2D eigenvalue weighted by Gasteiger charge is -2.16. The second-order valence-electron chi connectivity index (χ2n) is 7.02. The molecule has 0 aromatic carbocycles. The molecule has 146 valence electrons. The number of nitrogens with zero attached hydrogens (tertiary/aromatic N) is 6. The molecule has 10 nitrogen and oxygen atoms in total. The summed E-state index contributed by atoms with van der Waals surface area (Å²) < 4.78 is 1.54. The van der Waals surface area contributed by atoms with Gasteiger partial charge in [0.05, 0.1) is 12.2 Å². The largest absolute Gasteiger partial charge is 0.335 e. The summed E-state index contributed by atoms with van der Waals surface area (Å²) in [4.78, 5) is 37.3. The molecular formula is C18H22N8O2. The predicted molar refractivity (Wildman–Crippen MR) is 99.6 cm³/mol. The van der Waals surface area contributed by atoms with Gasteiger partial charge in [-0.15, -0.1) is 0 Å². The molecule has 0 fully saturated rings. The molecule has 3 aromatic heterocycles. The minimum Gasteiger partial charge on any atom is -0.335 e. The van der Waals surface area contributed by atoms with Crippen LogP contribution >= 0.6 is 0 Å². The maximum Gasteiger partial charge on any atom is 0.263 e. The van der Waals surface area contributed by atoms with Crippen LogP contribution in [0.2, 0.25) is 0 Å². The average molecular weight is 382 g/mol. The Morgan fingerprint density at radius 3 is 2.93 bits per heavy atom. The number of hydrogen-bond donors (Lipinski definition) is 2. The van der Waals surface area contributed by atoms with Gasteiger partial charge in [-0.05, 0) is 31.2 Å². The summed E-state index contributed by atoms with van der Waals surface area (Å²) in [5.41, 5.74) is 2.80. The smallest absolute Gasteiger partial charge is 0.263 e. The van der Waals surface area contributed by atoms with E-state index in [1.165, 1.54) is 46.1 Å². The summed E-state index contributed by atoms with van der Waals surface area (Å²) in [6.07, 6.45) is 9.71. The van der Waals surface area contributed by atoms with Gasteiger partial charge in [0.2, 0.25) is 0 Å². The first kappa shape index (κ1) is 18.1. The first-order valence-corrected chi connectivity index (χ1v) is 9.33. The third-order valence-electron chi connectivity index (χ3n) is 4.99. The molecule has 3 aromatic rings. The van der Waals surface area contributed by atoms with E-state index in [0.29, 0.717) is 12.4 Å². The van der Waals surface area contributed by atoms with Crippen LogP contribution < -0.4 is 5.56 Å². The zero-order valence-electron chi connectivity index (χ0n) is 15.7. The molecule has 10 heteroatoms. The fourth-order valence-corrected chi connectivity index (χ4v) is 3.49. The summed E-state index contributed by atoms with van der Waals surface area (Å²) in [6.45, 7) is 0.629. The molecule has 0 unspecified atom stereocenters. The zero-order valence-corrected chi connectivity index (χ0v) is 15.7. The number of hydrogen-bond acceptors (Lipinski definition) is 6. The van der Waals surface area contributed by atoms with Crippen molar-refractivity contribution in [2.45, 2.75) is 45.2 Å². The summed E-state index contributed by atoms with van der Waals surface area (Å²) in [6, 6.07) is 0. The Kier molecular flexibility index (Phi) is 5.00. The highest BCUT2D eigenvalue weighted by molar-refractivity contribution is 5.93. The Labute approximate surface area is 161 Å². The summed E-state index contributed by atoms with van der Waals surface area (Å²) in [5.74, 6) is 0.0266. The maximum atomic E-state index is 12.8. The number of fused-ring (bicyclic) bond motifs is 1. The Hall–Kier alpha value is -3.30. The lowest BCUT2D eigenvalue weighted by molar-refractivity contribution is 0.0780. The van der Waals surface area contributed by atoms with Gasteiger partial charge in [0, 0.05) is 18.9 Å². The number of rotatable bonds is 5. The minimum atomic E-state index is -0.470. The van der Waals surface area contributed by atoms with Crippen molar-refractivity contribution in [3.05, 3.63) is 57.5 Å². The van der Waals surface area contributed by atoms with Crippen LogP contribution in [0.25, 0.3) is 0 Å². The van der Waals surface area contributed by atoms with Gasteiger partial charge in [0.15, 0.2) is 0 Å². The lowest BCUT2D eigenvalue weighted by atomic mass is 10.1. The van der Waals surface area contributed by atoms with E-state index in [2.05, 4.69) is 30.2 Å². The normalized spacial score (nSPS) is 13.8. The quantitative estimate of drug-likeness (QED) is 0.625. The first-order chi connectivity index (χ1) is 13.6. The van der Waals surface area contributed by atoms with Crippen LogP contribution in [0, 0.1) is 0 Å². The number of aromatic nitrogens is 7. The van der Waals surface area contributed by atoms with E-state index in [4.69, 9.17) is 0 Å². The van der Waals surface area contributed by atoms with Gasteiger partial charge in [-0.2, -0.15) is 10.2 Å². The second-order valence-corrected chi connectivity index (χ2v) is 7.02. The third-order valence-corrected chi connectivity index (χ3v) is 4.99. The molecule has 0 spiro atoms. The molecule has 0 radical (unpaired) electrons. The molecule has 2 N–H and O–H groups in total. The molecule has 0 atom stereocenters. The van der Waals surface area contributed by atoms with Crippen molar-refractivity contribution in [1.29, 1.82) is 0 Å². The molecule has 1 amide bonds. The summed E-state index contributed by atoms with van der Waals surface area (Å²) in [5, 5.41) is 11.5. The van der Waals surface area contributed by atoms with Gasteiger partial charge in [-0.25, -0.2) is 14.6 Å². The average Bonchev–Trinajstić information content (AvgIpc) is 3.25. The van der Waals surface area contributed by atoms with E-state index in [0.717, 1.165) is 31.4 Å². The van der Waals surface area contributed by atoms with Gasteiger partial charge in [0.25, 0.3) is 11.5 Å². The van der Waals surface area contributed by atoms with Gasteiger partial charge >= 0.3 is 0 Å². The monoisotopic (exact) mass is 382 g/mol. The number of carbonyl (C=O) groups is 1. The van der Waals surface area contributed by atoms with Crippen LogP contribution in [0.15, 0.2) is 23.6 Å². The fourth-order valence-electron chi connectivity index (χ4n) is 3.49. The van der Waals surface area contributed by atoms with Crippen molar-refractivity contribution in [2.75, 3.05) is 7.05 Å². The predicted octanol–water partition coefficient (Wildman–Crippen LogP) is 0.674. The molecule has 0 saturated carbocycles. The van der Waals surface area contributed by atoms with Gasteiger partial charge in [0.1, 0.15) is 30.6 Å². The Morgan fingerprint density at radius 2 is 2.14 bits per heavy atom. The van der Waals surface area contributed by atoms with Crippen molar-refractivity contribution in [1.82, 2.24) is 39.8 Å². The first-order valence-electron chi connectivity index (χ1n) is 9.33. The minimum absolute atomic E-state index is 0.00599. The van der Waals surface area contributed by atoms with Gasteiger partial charge < -0.3 is 9.88 Å². The van der Waals surface area contributed by atoms with Crippen LogP contribution in [-0.4, -0.2) is 52.8 Å². The van der Waals surface area contributed by atoms with Crippen molar-refractivity contribution >= 4 is 5.91 Å². The van der Waals surface area contributed by atoms with Crippen LogP contribution in [0.5, 0.6) is 0 Å². The highest BCUT2D eigenvalue weighted by atomic mass is 16.2. The Bertz CT molecular complexity index is 1020. The molecule has 1 aliphatic carbocycles. The van der Waals surface area contributed by atoms with Crippen molar-refractivity contribution in [3.8, 4) is 0 Å². The molecule has 0 aliphatic heterocycles. The molecular weight excluding hydrogens is 360 g/mol. The third kappa shape index (κ3) is 3.71. The molecule has 0 bridgehead atoms. The second kappa shape index (κ2) is 7.75. The molecule has 4 rings (SSSR count). The van der Waals surface area contributed by atoms with Crippen molar-refractivity contribution < 1.29 is 4.79 Å². The molecule has 0 saturated heterocycles.